The second-order valence-corrected chi connectivity index (χ2v) is 7.85. The number of fused-ring (bicyclic) bond motifs is 1. The molecule has 0 bridgehead atoms. The van der Waals surface area contributed by atoms with Crippen molar-refractivity contribution in [3.63, 3.8) is 0 Å². The van der Waals surface area contributed by atoms with Gasteiger partial charge in [-0.1, -0.05) is 12.7 Å². The Balaban J connectivity index is 1.88. The van der Waals surface area contributed by atoms with Crippen molar-refractivity contribution in [3.05, 3.63) is 24.7 Å². The molecule has 0 saturated carbocycles. The molecule has 7 heteroatoms. The zero-order valence-electron chi connectivity index (χ0n) is 16.1. The van der Waals surface area contributed by atoms with E-state index in [-0.39, 0.29) is 18.2 Å². The maximum atomic E-state index is 12.5. The number of aromatic nitrogens is 3. The van der Waals surface area contributed by atoms with Crippen LogP contribution in [0, 0.1) is 0 Å². The number of amides is 1. The van der Waals surface area contributed by atoms with E-state index in [4.69, 9.17) is 4.74 Å². The maximum Gasteiger partial charge on any atom is 0.410 e. The van der Waals surface area contributed by atoms with Gasteiger partial charge in [-0.2, -0.15) is 0 Å². The van der Waals surface area contributed by atoms with E-state index < -0.39 is 5.60 Å². The summed E-state index contributed by atoms with van der Waals surface area (Å²) < 4.78 is 5.56. The third-order valence-electron chi connectivity index (χ3n) is 4.59. The first kappa shape index (κ1) is 18.2. The standard InChI is InChI=1S/C19H27N5O2/c1-7-14-8-20-16-15(14)17(22-11-21-16)23-9-13(3)24(10-12(23)2)18(25)26-19(4,5)6/h7-8,11-13H,1,9-10H2,2-6H3,(H,20,21,22)/t12-,13+/m0/s1. The van der Waals surface area contributed by atoms with Gasteiger partial charge in [-0.05, 0) is 34.6 Å². The van der Waals surface area contributed by atoms with Gasteiger partial charge in [0.1, 0.15) is 23.4 Å². The average molecular weight is 357 g/mol. The molecule has 0 spiro atoms. The van der Waals surface area contributed by atoms with Crippen LogP contribution in [0.4, 0.5) is 10.6 Å². The smallest absolute Gasteiger partial charge is 0.410 e. The Labute approximate surface area is 154 Å². The summed E-state index contributed by atoms with van der Waals surface area (Å²) in [4.78, 5) is 28.6. The lowest BCUT2D eigenvalue weighted by molar-refractivity contribution is 0.0130. The van der Waals surface area contributed by atoms with Gasteiger partial charge in [0.15, 0.2) is 0 Å². The number of carbonyl (C=O) groups excluding carboxylic acids is 1. The van der Waals surface area contributed by atoms with Crippen LogP contribution in [-0.2, 0) is 4.74 Å². The molecule has 3 rings (SSSR count). The van der Waals surface area contributed by atoms with Crippen molar-refractivity contribution >= 4 is 29.0 Å². The van der Waals surface area contributed by atoms with Gasteiger partial charge in [-0.3, -0.25) is 0 Å². The molecule has 2 aromatic rings. The Morgan fingerprint density at radius 3 is 2.69 bits per heavy atom. The number of hydrogen-bond acceptors (Lipinski definition) is 5. The number of nitrogens with zero attached hydrogens (tertiary/aromatic N) is 4. The fourth-order valence-electron chi connectivity index (χ4n) is 3.35. The highest BCUT2D eigenvalue weighted by Gasteiger charge is 2.35. The minimum atomic E-state index is -0.500. The van der Waals surface area contributed by atoms with E-state index in [0.717, 1.165) is 22.4 Å². The van der Waals surface area contributed by atoms with Gasteiger partial charge in [0, 0.05) is 36.9 Å². The van der Waals surface area contributed by atoms with Gasteiger partial charge in [0.25, 0.3) is 0 Å². The first-order chi connectivity index (χ1) is 12.2. The molecule has 1 aliphatic heterocycles. The third kappa shape index (κ3) is 3.38. The predicted octanol–water partition coefficient (Wildman–Crippen LogP) is 3.44. The van der Waals surface area contributed by atoms with Crippen molar-refractivity contribution in [3.8, 4) is 0 Å². The van der Waals surface area contributed by atoms with Gasteiger partial charge in [-0.25, -0.2) is 14.8 Å². The van der Waals surface area contributed by atoms with Crippen molar-refractivity contribution < 1.29 is 9.53 Å². The first-order valence-electron chi connectivity index (χ1n) is 8.92. The van der Waals surface area contributed by atoms with Crippen molar-refractivity contribution in [1.82, 2.24) is 19.9 Å². The Hall–Kier alpha value is -2.57. The van der Waals surface area contributed by atoms with Crippen molar-refractivity contribution in [1.29, 1.82) is 0 Å². The Morgan fingerprint density at radius 1 is 1.31 bits per heavy atom. The molecular weight excluding hydrogens is 330 g/mol. The van der Waals surface area contributed by atoms with Gasteiger partial charge < -0.3 is 19.5 Å². The second-order valence-electron chi connectivity index (χ2n) is 7.85. The van der Waals surface area contributed by atoms with Gasteiger partial charge >= 0.3 is 6.09 Å². The second kappa shape index (κ2) is 6.63. The zero-order chi connectivity index (χ0) is 19.1. The van der Waals surface area contributed by atoms with E-state index in [1.54, 1.807) is 17.3 Å². The fraction of sp³-hybridized carbons (Fsp3) is 0.526. The van der Waals surface area contributed by atoms with Gasteiger partial charge in [0.05, 0.1) is 5.39 Å². The average Bonchev–Trinajstić information content (AvgIpc) is 2.98. The molecule has 0 unspecified atom stereocenters. The number of carbonyl (C=O) groups is 1. The molecule has 1 N–H and O–H groups in total. The number of rotatable bonds is 2. The maximum absolute atomic E-state index is 12.5. The molecule has 0 aliphatic carbocycles. The highest BCUT2D eigenvalue weighted by molar-refractivity contribution is 5.95. The summed E-state index contributed by atoms with van der Waals surface area (Å²) in [7, 11) is 0. The highest BCUT2D eigenvalue weighted by atomic mass is 16.6. The molecule has 2 atom stereocenters. The summed E-state index contributed by atoms with van der Waals surface area (Å²) >= 11 is 0. The molecule has 0 radical (unpaired) electrons. The molecule has 1 amide bonds. The van der Waals surface area contributed by atoms with Crippen LogP contribution in [-0.4, -0.2) is 56.7 Å². The monoisotopic (exact) mass is 357 g/mol. The van der Waals surface area contributed by atoms with E-state index in [2.05, 4.69) is 33.4 Å². The molecule has 1 fully saturated rings. The summed E-state index contributed by atoms with van der Waals surface area (Å²) in [6.07, 6.45) is 4.99. The van der Waals surface area contributed by atoms with E-state index >= 15 is 0 Å². The van der Waals surface area contributed by atoms with Crippen LogP contribution in [0.25, 0.3) is 17.1 Å². The molecular formula is C19H27N5O2. The van der Waals surface area contributed by atoms with Crippen LogP contribution >= 0.6 is 0 Å². The lowest BCUT2D eigenvalue weighted by atomic mass is 10.1. The lowest BCUT2D eigenvalue weighted by Crippen LogP contribution is -2.59. The Morgan fingerprint density at radius 2 is 2.04 bits per heavy atom. The Kier molecular flexibility index (Phi) is 4.64. The van der Waals surface area contributed by atoms with Crippen molar-refractivity contribution in [2.75, 3.05) is 18.0 Å². The van der Waals surface area contributed by atoms with Crippen LogP contribution in [0.2, 0.25) is 0 Å². The predicted molar refractivity (Wildman–Crippen MR) is 103 cm³/mol. The summed E-state index contributed by atoms with van der Waals surface area (Å²) in [5, 5.41) is 0.965. The summed E-state index contributed by atoms with van der Waals surface area (Å²) in [5.41, 5.74) is 1.27. The van der Waals surface area contributed by atoms with Crippen LogP contribution in [0.1, 0.15) is 40.2 Å². The minimum Gasteiger partial charge on any atom is -0.444 e. The van der Waals surface area contributed by atoms with E-state index in [1.807, 2.05) is 33.9 Å². The number of piperazine rings is 1. The molecule has 0 aromatic carbocycles. The SMILES string of the molecule is C=Cc1c[nH]c2ncnc(N3C[C@@H](C)N(C(=O)OC(C)(C)C)C[C@@H]3C)c12. The number of H-pyrrole nitrogens is 1. The topological polar surface area (TPSA) is 74.4 Å². The quantitative estimate of drug-likeness (QED) is 0.891. The number of ether oxygens (including phenoxy) is 1. The van der Waals surface area contributed by atoms with Crippen molar-refractivity contribution in [2.24, 2.45) is 0 Å². The molecule has 3 heterocycles. The molecule has 140 valence electrons. The number of hydrogen-bond donors (Lipinski definition) is 1. The third-order valence-corrected chi connectivity index (χ3v) is 4.59. The zero-order valence-corrected chi connectivity index (χ0v) is 16.1. The molecule has 2 aromatic heterocycles. The van der Waals surface area contributed by atoms with E-state index in [0.29, 0.717) is 13.1 Å². The largest absolute Gasteiger partial charge is 0.444 e. The van der Waals surface area contributed by atoms with Gasteiger partial charge in [0.2, 0.25) is 0 Å². The molecule has 1 aliphatic rings. The fourth-order valence-corrected chi connectivity index (χ4v) is 3.35. The lowest BCUT2D eigenvalue weighted by Gasteiger charge is -2.44. The summed E-state index contributed by atoms with van der Waals surface area (Å²) in [6.45, 7) is 14.9. The van der Waals surface area contributed by atoms with Crippen molar-refractivity contribution in [2.45, 2.75) is 52.3 Å². The van der Waals surface area contributed by atoms with Crippen LogP contribution in [0.15, 0.2) is 19.1 Å². The van der Waals surface area contributed by atoms with Crippen LogP contribution in [0.5, 0.6) is 0 Å². The summed E-state index contributed by atoms with van der Waals surface area (Å²) in [6, 6.07) is 0.113. The number of anilines is 1. The van der Waals surface area contributed by atoms with Crippen LogP contribution < -0.4 is 4.90 Å². The van der Waals surface area contributed by atoms with Gasteiger partial charge in [-0.15, -0.1) is 0 Å². The number of nitrogens with one attached hydrogen (secondary N) is 1. The molecule has 1 saturated heterocycles. The van der Waals surface area contributed by atoms with E-state index in [1.165, 1.54) is 0 Å². The Bertz CT molecular complexity index is 823. The summed E-state index contributed by atoms with van der Waals surface area (Å²) in [5.74, 6) is 0.870. The number of aromatic amines is 1. The van der Waals surface area contributed by atoms with E-state index in [9.17, 15) is 4.79 Å². The highest BCUT2D eigenvalue weighted by Crippen LogP contribution is 2.31. The minimum absolute atomic E-state index is 0.0113. The molecule has 7 nitrogen and oxygen atoms in total. The first-order valence-corrected chi connectivity index (χ1v) is 8.92. The van der Waals surface area contributed by atoms with Crippen LogP contribution in [0.3, 0.4) is 0 Å². The molecule has 26 heavy (non-hydrogen) atoms. The normalized spacial score (nSPS) is 21.1.